The van der Waals surface area contributed by atoms with E-state index >= 15 is 0 Å². The van der Waals surface area contributed by atoms with E-state index in [9.17, 15) is 8.42 Å². The molecule has 1 saturated heterocycles. The van der Waals surface area contributed by atoms with Gasteiger partial charge in [0, 0.05) is 39.8 Å². The molecule has 0 radical (unpaired) electrons. The van der Waals surface area contributed by atoms with Gasteiger partial charge in [-0.25, -0.2) is 8.42 Å². The lowest BCUT2D eigenvalue weighted by Gasteiger charge is -2.35. The molecule has 8 heteroatoms. The zero-order valence-corrected chi connectivity index (χ0v) is 16.2. The van der Waals surface area contributed by atoms with Gasteiger partial charge in [-0.3, -0.25) is 4.99 Å². The van der Waals surface area contributed by atoms with Gasteiger partial charge in [-0.15, -0.1) is 0 Å². The molecule has 0 spiro atoms. The van der Waals surface area contributed by atoms with E-state index in [0.717, 1.165) is 18.9 Å². The molecule has 24 heavy (non-hydrogen) atoms. The van der Waals surface area contributed by atoms with Gasteiger partial charge in [-0.1, -0.05) is 12.2 Å². The zero-order chi connectivity index (χ0) is 18.0. The average Bonchev–Trinajstić information content (AvgIpc) is 2.55. The van der Waals surface area contributed by atoms with Gasteiger partial charge in [0.05, 0.1) is 18.5 Å². The van der Waals surface area contributed by atoms with Crippen molar-refractivity contribution in [3.05, 3.63) is 12.2 Å². The van der Waals surface area contributed by atoms with Crippen molar-refractivity contribution < 1.29 is 13.2 Å². The Morgan fingerprint density at radius 2 is 1.96 bits per heavy atom. The van der Waals surface area contributed by atoms with Crippen molar-refractivity contribution in [2.45, 2.75) is 33.3 Å². The third-order valence-corrected chi connectivity index (χ3v) is 5.60. The maximum atomic E-state index is 12.3. The van der Waals surface area contributed by atoms with Crippen molar-refractivity contribution in [1.82, 2.24) is 14.5 Å². The quantitative estimate of drug-likeness (QED) is 0.301. The van der Waals surface area contributed by atoms with Crippen LogP contribution < -0.4 is 5.32 Å². The summed E-state index contributed by atoms with van der Waals surface area (Å²) in [7, 11) is -1.49. The summed E-state index contributed by atoms with van der Waals surface area (Å²) < 4.78 is 31.6. The van der Waals surface area contributed by atoms with E-state index in [1.807, 2.05) is 26.8 Å². The van der Waals surface area contributed by atoms with Gasteiger partial charge in [0.2, 0.25) is 10.0 Å². The Morgan fingerprint density at radius 3 is 2.50 bits per heavy atom. The summed E-state index contributed by atoms with van der Waals surface area (Å²) in [6.07, 6.45) is 5.12. The first-order valence-electron chi connectivity index (χ1n) is 8.57. The van der Waals surface area contributed by atoms with E-state index in [2.05, 4.69) is 21.3 Å². The number of aliphatic imine (C=N–C) groups is 1. The standard InChI is InChI=1S/C16H32N4O3S/c1-5-6-7-8-18-16(17-4)19-9-11-20(12-10-19)24(21,22)14-13-23-15(2)3/h5-6,15H,7-14H2,1-4H3,(H,17,18)/b6-5+. The number of hydrogen-bond donors (Lipinski definition) is 1. The van der Waals surface area contributed by atoms with Crippen LogP contribution in [0.15, 0.2) is 17.1 Å². The van der Waals surface area contributed by atoms with Crippen LogP contribution in [0.4, 0.5) is 0 Å². The van der Waals surface area contributed by atoms with Crippen LogP contribution >= 0.6 is 0 Å². The highest BCUT2D eigenvalue weighted by atomic mass is 32.2. The van der Waals surface area contributed by atoms with Crippen molar-refractivity contribution in [3.63, 3.8) is 0 Å². The first-order chi connectivity index (χ1) is 11.4. The Morgan fingerprint density at radius 1 is 1.29 bits per heavy atom. The number of nitrogens with zero attached hydrogens (tertiary/aromatic N) is 3. The SMILES string of the molecule is C/C=C/CCNC(=NC)N1CCN(S(=O)(=O)CCOC(C)C)CC1. The topological polar surface area (TPSA) is 74.2 Å². The predicted molar refractivity (Wildman–Crippen MR) is 98.8 cm³/mol. The number of sulfonamides is 1. The second-order valence-corrected chi connectivity index (χ2v) is 8.04. The fraction of sp³-hybridized carbons (Fsp3) is 0.812. The summed E-state index contributed by atoms with van der Waals surface area (Å²) >= 11 is 0. The Balaban J connectivity index is 2.44. The minimum Gasteiger partial charge on any atom is -0.378 e. The highest BCUT2D eigenvalue weighted by Crippen LogP contribution is 2.09. The summed E-state index contributed by atoms with van der Waals surface area (Å²) in [5, 5.41) is 3.31. The summed E-state index contributed by atoms with van der Waals surface area (Å²) in [5.74, 6) is 0.876. The lowest BCUT2D eigenvalue weighted by Crippen LogP contribution is -2.54. The number of guanidine groups is 1. The summed E-state index contributed by atoms with van der Waals surface area (Å²) in [6, 6.07) is 0. The number of allylic oxidation sites excluding steroid dienone is 1. The van der Waals surface area contributed by atoms with E-state index in [1.54, 1.807) is 11.4 Å². The third kappa shape index (κ3) is 7.19. The smallest absolute Gasteiger partial charge is 0.216 e. The molecular formula is C16H32N4O3S. The second-order valence-electron chi connectivity index (χ2n) is 5.95. The second kappa shape index (κ2) is 10.7. The molecule has 1 N–H and O–H groups in total. The highest BCUT2D eigenvalue weighted by molar-refractivity contribution is 7.89. The molecule has 1 aliphatic rings. The van der Waals surface area contributed by atoms with Gasteiger partial charge in [0.1, 0.15) is 0 Å². The van der Waals surface area contributed by atoms with Gasteiger partial charge in [0.15, 0.2) is 5.96 Å². The number of ether oxygens (including phenoxy) is 1. The summed E-state index contributed by atoms with van der Waals surface area (Å²) in [5.41, 5.74) is 0. The molecule has 0 atom stereocenters. The highest BCUT2D eigenvalue weighted by Gasteiger charge is 2.27. The maximum Gasteiger partial charge on any atom is 0.216 e. The van der Waals surface area contributed by atoms with Crippen LogP contribution in [-0.2, 0) is 14.8 Å². The molecule has 0 aromatic carbocycles. The van der Waals surface area contributed by atoms with Crippen LogP contribution in [0.2, 0.25) is 0 Å². The molecule has 140 valence electrons. The average molecular weight is 361 g/mol. The predicted octanol–water partition coefficient (Wildman–Crippen LogP) is 0.900. The van der Waals surface area contributed by atoms with Gasteiger partial charge in [-0.2, -0.15) is 4.31 Å². The lowest BCUT2D eigenvalue weighted by molar-refractivity contribution is 0.0904. The number of hydrogen-bond acceptors (Lipinski definition) is 4. The van der Waals surface area contributed by atoms with Crippen LogP contribution in [0.3, 0.4) is 0 Å². The first-order valence-corrected chi connectivity index (χ1v) is 10.2. The number of nitrogens with one attached hydrogen (secondary N) is 1. The van der Waals surface area contributed by atoms with Crippen LogP contribution in [-0.4, -0.2) is 81.8 Å². The van der Waals surface area contributed by atoms with E-state index in [0.29, 0.717) is 26.2 Å². The van der Waals surface area contributed by atoms with Crippen molar-refractivity contribution in [2.75, 3.05) is 52.1 Å². The molecule has 7 nitrogen and oxygen atoms in total. The Kier molecular flexibility index (Phi) is 9.31. The molecule has 0 aromatic heterocycles. The summed E-state index contributed by atoms with van der Waals surface area (Å²) in [6.45, 7) is 9.14. The lowest BCUT2D eigenvalue weighted by atomic mass is 10.3. The van der Waals surface area contributed by atoms with Gasteiger partial charge >= 0.3 is 0 Å². The monoisotopic (exact) mass is 360 g/mol. The van der Waals surface area contributed by atoms with Crippen molar-refractivity contribution in [1.29, 1.82) is 0 Å². The Labute approximate surface area is 146 Å². The minimum absolute atomic E-state index is 0.0432. The van der Waals surface area contributed by atoms with Gasteiger partial charge in [0.25, 0.3) is 0 Å². The van der Waals surface area contributed by atoms with E-state index in [1.165, 1.54) is 0 Å². The molecule has 0 saturated carbocycles. The Bertz CT molecular complexity index is 509. The molecule has 0 bridgehead atoms. The molecule has 1 fully saturated rings. The molecular weight excluding hydrogens is 328 g/mol. The molecule has 0 aromatic rings. The Hall–Kier alpha value is -1.12. The van der Waals surface area contributed by atoms with E-state index in [4.69, 9.17) is 4.74 Å². The zero-order valence-electron chi connectivity index (χ0n) is 15.4. The molecule has 0 aliphatic carbocycles. The van der Waals surface area contributed by atoms with Crippen molar-refractivity contribution >= 4 is 16.0 Å². The fourth-order valence-electron chi connectivity index (χ4n) is 2.46. The largest absolute Gasteiger partial charge is 0.378 e. The van der Waals surface area contributed by atoms with E-state index in [-0.39, 0.29) is 18.5 Å². The normalized spacial score (nSPS) is 17.9. The van der Waals surface area contributed by atoms with Crippen LogP contribution in [0, 0.1) is 0 Å². The van der Waals surface area contributed by atoms with Crippen molar-refractivity contribution in [3.8, 4) is 0 Å². The fourth-order valence-corrected chi connectivity index (χ4v) is 3.75. The van der Waals surface area contributed by atoms with Crippen LogP contribution in [0.5, 0.6) is 0 Å². The van der Waals surface area contributed by atoms with Crippen molar-refractivity contribution in [2.24, 2.45) is 4.99 Å². The molecule has 1 aliphatic heterocycles. The van der Waals surface area contributed by atoms with Gasteiger partial charge < -0.3 is 15.0 Å². The summed E-state index contributed by atoms with van der Waals surface area (Å²) in [4.78, 5) is 6.39. The maximum absolute atomic E-state index is 12.3. The first kappa shape index (κ1) is 20.9. The third-order valence-electron chi connectivity index (χ3n) is 3.77. The molecule has 0 amide bonds. The van der Waals surface area contributed by atoms with E-state index < -0.39 is 10.0 Å². The van der Waals surface area contributed by atoms with Crippen LogP contribution in [0.1, 0.15) is 27.2 Å². The van der Waals surface area contributed by atoms with Crippen LogP contribution in [0.25, 0.3) is 0 Å². The molecule has 0 unspecified atom stereocenters. The minimum atomic E-state index is -3.25. The van der Waals surface area contributed by atoms with Gasteiger partial charge in [-0.05, 0) is 27.2 Å². The molecule has 1 heterocycles. The molecule has 1 rings (SSSR count). The number of rotatable bonds is 8. The number of piperazine rings is 1.